The number of hydrogen-bond donors (Lipinski definition) is 4. The van der Waals surface area contributed by atoms with E-state index < -0.39 is 12.0 Å². The Labute approximate surface area is 238 Å². The molecule has 0 amide bonds. The monoisotopic (exact) mass is 881 g/mol. The summed E-state index contributed by atoms with van der Waals surface area (Å²) in [6, 6.07) is 10.5. The van der Waals surface area contributed by atoms with E-state index in [1.807, 2.05) is 90.4 Å². The molecule has 1 atom stereocenters. The van der Waals surface area contributed by atoms with Gasteiger partial charge in [0.25, 0.3) is 0 Å². The van der Waals surface area contributed by atoms with Gasteiger partial charge in [0, 0.05) is 11.1 Å². The molecular formula is C22H15I4NO5. The Morgan fingerprint density at radius 2 is 1.31 bits per heavy atom. The van der Waals surface area contributed by atoms with Crippen LogP contribution in [0.1, 0.15) is 26.3 Å². The molecule has 32 heavy (non-hydrogen) atoms. The van der Waals surface area contributed by atoms with Gasteiger partial charge >= 0.3 is 5.97 Å². The van der Waals surface area contributed by atoms with Gasteiger partial charge in [0.05, 0.1) is 25.9 Å². The summed E-state index contributed by atoms with van der Waals surface area (Å²) < 4.78 is 2.40. The number of carbonyl (C=O) groups is 2. The summed E-state index contributed by atoms with van der Waals surface area (Å²) >= 11 is 7.96. The van der Waals surface area contributed by atoms with Gasteiger partial charge in [-0.2, -0.15) is 0 Å². The van der Waals surface area contributed by atoms with Gasteiger partial charge in [0.1, 0.15) is 11.5 Å². The van der Waals surface area contributed by atoms with Gasteiger partial charge < -0.3 is 21.1 Å². The number of carboxylic acids is 1. The van der Waals surface area contributed by atoms with Crippen molar-refractivity contribution in [3.05, 3.63) is 73.4 Å². The Morgan fingerprint density at radius 3 is 1.81 bits per heavy atom. The molecule has 0 heterocycles. The third kappa shape index (κ3) is 5.50. The molecule has 3 aromatic rings. The molecule has 0 saturated heterocycles. The van der Waals surface area contributed by atoms with Crippen LogP contribution in [-0.4, -0.2) is 33.1 Å². The highest BCUT2D eigenvalue weighted by Gasteiger charge is 2.25. The zero-order valence-electron chi connectivity index (χ0n) is 16.1. The van der Waals surface area contributed by atoms with Crippen molar-refractivity contribution in [3.63, 3.8) is 0 Å². The summed E-state index contributed by atoms with van der Waals surface area (Å²) in [6.07, 6.45) is 0.229. The van der Waals surface area contributed by atoms with E-state index in [0.29, 0.717) is 19.8 Å². The number of carboxylic acid groups (broad SMARTS) is 1. The van der Waals surface area contributed by atoms with Crippen molar-refractivity contribution in [3.8, 4) is 22.6 Å². The lowest BCUT2D eigenvalue weighted by atomic mass is 9.89. The second-order valence-corrected chi connectivity index (χ2v) is 11.6. The fourth-order valence-corrected chi connectivity index (χ4v) is 6.90. The number of rotatable bonds is 6. The van der Waals surface area contributed by atoms with Crippen LogP contribution in [0.4, 0.5) is 0 Å². The summed E-state index contributed by atoms with van der Waals surface area (Å²) in [4.78, 5) is 25.3. The van der Waals surface area contributed by atoms with Crippen molar-refractivity contribution >= 4 is 102 Å². The van der Waals surface area contributed by atoms with Gasteiger partial charge in [-0.05, 0) is 138 Å². The molecule has 0 spiro atoms. The number of Topliss-reactive ketones (excluding diaryl/α,β-unsaturated/α-hetero) is 1. The van der Waals surface area contributed by atoms with E-state index in [1.165, 1.54) is 12.1 Å². The molecule has 6 nitrogen and oxygen atoms in total. The van der Waals surface area contributed by atoms with Crippen LogP contribution in [0.25, 0.3) is 11.1 Å². The Kier molecular flexibility index (Phi) is 8.65. The minimum atomic E-state index is -1.16. The fraction of sp³-hybridized carbons (Fsp3) is 0.0909. The largest absolute Gasteiger partial charge is 0.506 e. The lowest BCUT2D eigenvalue weighted by molar-refractivity contribution is 0.0697. The molecule has 0 fully saturated rings. The Hall–Kier alpha value is -0.720. The predicted molar refractivity (Wildman–Crippen MR) is 155 cm³/mol. The smallest absolute Gasteiger partial charge is 0.336 e. The quantitative estimate of drug-likeness (QED) is 0.188. The minimum absolute atomic E-state index is 0.0194. The van der Waals surface area contributed by atoms with Gasteiger partial charge in [-0.25, -0.2) is 4.79 Å². The minimum Gasteiger partial charge on any atom is -0.506 e. The molecule has 0 aliphatic carbocycles. The number of ketones is 1. The molecule has 10 heteroatoms. The van der Waals surface area contributed by atoms with Gasteiger partial charge in [-0.1, -0.05) is 12.1 Å². The molecule has 3 aromatic carbocycles. The van der Waals surface area contributed by atoms with E-state index >= 15 is 0 Å². The van der Waals surface area contributed by atoms with Crippen molar-refractivity contribution in [1.82, 2.24) is 0 Å². The first-order valence-electron chi connectivity index (χ1n) is 9.02. The molecule has 0 radical (unpaired) electrons. The van der Waals surface area contributed by atoms with Crippen LogP contribution in [0.3, 0.4) is 0 Å². The van der Waals surface area contributed by atoms with E-state index in [2.05, 4.69) is 0 Å². The maximum absolute atomic E-state index is 13.4. The highest BCUT2D eigenvalue weighted by atomic mass is 127. The van der Waals surface area contributed by atoms with Gasteiger partial charge in [0.2, 0.25) is 0 Å². The van der Waals surface area contributed by atoms with Crippen LogP contribution < -0.4 is 5.73 Å². The molecule has 0 aliphatic rings. The van der Waals surface area contributed by atoms with Crippen molar-refractivity contribution in [1.29, 1.82) is 0 Å². The third-order valence-electron chi connectivity index (χ3n) is 4.73. The molecule has 0 aliphatic heterocycles. The third-order valence-corrected chi connectivity index (χ3v) is 8.02. The highest BCUT2D eigenvalue weighted by Crippen LogP contribution is 2.36. The first-order chi connectivity index (χ1) is 15.0. The van der Waals surface area contributed by atoms with Gasteiger partial charge in [0.15, 0.2) is 5.78 Å². The number of halogens is 4. The number of benzene rings is 3. The summed E-state index contributed by atoms with van der Waals surface area (Å²) in [5.74, 6) is -1.27. The van der Waals surface area contributed by atoms with Crippen LogP contribution in [0.5, 0.6) is 11.5 Å². The zero-order valence-corrected chi connectivity index (χ0v) is 24.7. The Bertz CT molecular complexity index is 1200. The van der Waals surface area contributed by atoms with Crippen molar-refractivity contribution in [2.45, 2.75) is 12.5 Å². The molecule has 0 bridgehead atoms. The molecule has 3 rings (SSSR count). The van der Waals surface area contributed by atoms with Gasteiger partial charge in [-0.15, -0.1) is 0 Å². The number of aromatic carboxylic acids is 1. The number of carbonyl (C=O) groups excluding carboxylic acids is 1. The summed E-state index contributed by atoms with van der Waals surface area (Å²) in [6.45, 7) is 0. The van der Waals surface area contributed by atoms with Crippen molar-refractivity contribution < 1.29 is 24.9 Å². The summed E-state index contributed by atoms with van der Waals surface area (Å²) in [5, 5.41) is 29.9. The normalized spacial score (nSPS) is 11.9. The second kappa shape index (κ2) is 10.7. The van der Waals surface area contributed by atoms with Crippen LogP contribution in [0, 0.1) is 14.3 Å². The van der Waals surface area contributed by atoms with Crippen LogP contribution in [0.15, 0.2) is 42.5 Å². The van der Waals surface area contributed by atoms with Crippen LogP contribution >= 0.6 is 90.4 Å². The predicted octanol–water partition coefficient (Wildman–Crippen LogP) is 5.63. The number of hydrogen-bond acceptors (Lipinski definition) is 5. The average molecular weight is 881 g/mol. The summed E-state index contributed by atoms with van der Waals surface area (Å²) in [5.41, 5.74) is 8.03. The Morgan fingerprint density at radius 1 is 0.844 bits per heavy atom. The summed E-state index contributed by atoms with van der Waals surface area (Å²) in [7, 11) is 0. The first-order valence-corrected chi connectivity index (χ1v) is 13.3. The van der Waals surface area contributed by atoms with E-state index in [0.717, 1.165) is 5.56 Å². The highest BCUT2D eigenvalue weighted by molar-refractivity contribution is 14.1. The molecule has 0 aromatic heterocycles. The SMILES string of the molecule is NC(Cc1cc(I)c(O)c(I)c1)C(=O)c1cccc(C(=O)O)c1-c1cc(I)c(O)c(I)c1. The number of phenolic OH excluding ortho intramolecular Hbond substituents is 2. The standard InChI is InChI=1S/C22H15I4NO5/c23-13-4-9(5-14(24)20(13)29)6-17(27)19(28)11-2-1-3-12(22(31)32)18(11)10-7-15(25)21(30)16(26)8-10/h1-5,7-8,17,29-30H,6,27H2,(H,31,32). The van der Waals surface area contributed by atoms with Crippen molar-refractivity contribution in [2.24, 2.45) is 5.73 Å². The van der Waals surface area contributed by atoms with E-state index in [4.69, 9.17) is 5.73 Å². The number of aromatic hydroxyl groups is 2. The maximum Gasteiger partial charge on any atom is 0.336 e. The number of nitrogens with two attached hydrogens (primary N) is 1. The molecular weight excluding hydrogens is 866 g/mol. The second-order valence-electron chi connectivity index (χ2n) is 6.90. The maximum atomic E-state index is 13.4. The molecule has 0 saturated carbocycles. The molecule has 166 valence electrons. The van der Waals surface area contributed by atoms with E-state index in [1.54, 1.807) is 30.3 Å². The van der Waals surface area contributed by atoms with E-state index in [9.17, 15) is 24.9 Å². The van der Waals surface area contributed by atoms with Crippen molar-refractivity contribution in [2.75, 3.05) is 0 Å². The molecule has 1 unspecified atom stereocenters. The number of phenols is 2. The average Bonchev–Trinajstić information content (AvgIpc) is 2.74. The lowest BCUT2D eigenvalue weighted by Crippen LogP contribution is -2.33. The Balaban J connectivity index is 2.09. The first kappa shape index (κ1) is 25.9. The topological polar surface area (TPSA) is 121 Å². The van der Waals surface area contributed by atoms with E-state index in [-0.39, 0.29) is 40.4 Å². The van der Waals surface area contributed by atoms with Crippen LogP contribution in [-0.2, 0) is 6.42 Å². The van der Waals surface area contributed by atoms with Gasteiger partial charge in [-0.3, -0.25) is 4.79 Å². The lowest BCUT2D eigenvalue weighted by Gasteiger charge is -2.17. The van der Waals surface area contributed by atoms with Crippen LogP contribution in [0.2, 0.25) is 0 Å². The fourth-order valence-electron chi connectivity index (χ4n) is 3.24. The zero-order chi connectivity index (χ0) is 23.7. The molecule has 5 N–H and O–H groups in total.